The van der Waals surface area contributed by atoms with Crippen LogP contribution in [0.15, 0.2) is 24.3 Å². The third-order valence-corrected chi connectivity index (χ3v) is 1.39. The SMILES string of the molecule is O=C(O)c1ccccc1C(=O)O.O=C([O-])[O-].[K+].[K+]. The van der Waals surface area contributed by atoms with Gasteiger partial charge in [-0.2, -0.15) is 0 Å². The van der Waals surface area contributed by atoms with Crippen LogP contribution < -0.4 is 113 Å². The molecule has 0 radical (unpaired) electrons. The van der Waals surface area contributed by atoms with Gasteiger partial charge in [-0.05, 0) is 18.3 Å². The molecule has 0 aliphatic carbocycles. The van der Waals surface area contributed by atoms with Gasteiger partial charge in [0, 0.05) is 0 Å². The van der Waals surface area contributed by atoms with Crippen molar-refractivity contribution in [2.75, 3.05) is 0 Å². The van der Waals surface area contributed by atoms with Gasteiger partial charge in [0.2, 0.25) is 0 Å². The van der Waals surface area contributed by atoms with Gasteiger partial charge in [-0.25, -0.2) is 9.59 Å². The first kappa shape index (κ1) is 23.8. The minimum atomic E-state index is -2.33. The Balaban J connectivity index is -0.000000332. The monoisotopic (exact) mass is 304 g/mol. The number of rotatable bonds is 2. The molecule has 0 atom stereocenters. The molecule has 1 aromatic rings. The molecule has 1 aromatic carbocycles. The van der Waals surface area contributed by atoms with Gasteiger partial charge in [0.05, 0.1) is 11.1 Å². The van der Waals surface area contributed by atoms with E-state index in [0.717, 1.165) is 0 Å². The summed E-state index contributed by atoms with van der Waals surface area (Å²) in [6, 6.07) is 5.48. The summed E-state index contributed by atoms with van der Waals surface area (Å²) >= 11 is 0. The van der Waals surface area contributed by atoms with Crippen LogP contribution in [0.5, 0.6) is 0 Å². The minimum absolute atomic E-state index is 0. The molecule has 0 aromatic heterocycles. The Bertz CT molecular complexity index is 382. The summed E-state index contributed by atoms with van der Waals surface area (Å²) in [5, 5.41) is 33.8. The summed E-state index contributed by atoms with van der Waals surface area (Å²) in [5.41, 5.74) is -0.380. The molecule has 0 saturated heterocycles. The molecular weight excluding hydrogens is 298 g/mol. The van der Waals surface area contributed by atoms with Gasteiger partial charge in [0.1, 0.15) is 0 Å². The van der Waals surface area contributed by atoms with E-state index in [1.165, 1.54) is 24.3 Å². The Kier molecular flexibility index (Phi) is 16.8. The van der Waals surface area contributed by atoms with Crippen molar-refractivity contribution < 1.29 is 138 Å². The number of carboxylic acids is 2. The van der Waals surface area contributed by atoms with Crippen molar-refractivity contribution in [3.05, 3.63) is 35.4 Å². The Morgan fingerprint density at radius 1 is 0.833 bits per heavy atom. The molecule has 0 spiro atoms. The fraction of sp³-hybridized carbons (Fsp3) is 0. The molecule has 18 heavy (non-hydrogen) atoms. The molecule has 7 nitrogen and oxygen atoms in total. The van der Waals surface area contributed by atoms with Crippen molar-refractivity contribution in [2.24, 2.45) is 0 Å². The van der Waals surface area contributed by atoms with E-state index in [-0.39, 0.29) is 114 Å². The molecule has 0 bridgehead atoms. The van der Waals surface area contributed by atoms with Crippen LogP contribution in [-0.2, 0) is 0 Å². The summed E-state index contributed by atoms with van der Waals surface area (Å²) in [7, 11) is 0. The van der Waals surface area contributed by atoms with Crippen LogP contribution in [0.2, 0.25) is 0 Å². The maximum atomic E-state index is 10.5. The second kappa shape index (κ2) is 12.7. The largest absolute Gasteiger partial charge is 1.00 e. The fourth-order valence-corrected chi connectivity index (χ4v) is 0.856. The Hall–Kier alpha value is 0.703. The summed E-state index contributed by atoms with van der Waals surface area (Å²) in [6.45, 7) is 0. The van der Waals surface area contributed by atoms with E-state index in [0.29, 0.717) is 0 Å². The van der Waals surface area contributed by atoms with Crippen molar-refractivity contribution >= 4 is 18.1 Å². The molecule has 9 heteroatoms. The van der Waals surface area contributed by atoms with E-state index in [9.17, 15) is 9.59 Å². The van der Waals surface area contributed by atoms with Gasteiger partial charge in [-0.3, -0.25) is 0 Å². The van der Waals surface area contributed by atoms with E-state index >= 15 is 0 Å². The third kappa shape index (κ3) is 10.6. The number of carboxylic acid groups (broad SMARTS) is 4. The first-order valence-electron chi connectivity index (χ1n) is 3.80. The summed E-state index contributed by atoms with van der Waals surface area (Å²) in [5.74, 6) is -2.46. The number of carbonyl (C=O) groups excluding carboxylic acids is 1. The van der Waals surface area contributed by atoms with Gasteiger partial charge in [0.15, 0.2) is 0 Å². The molecule has 2 N–H and O–H groups in total. The van der Waals surface area contributed by atoms with Crippen LogP contribution in [0.25, 0.3) is 0 Å². The standard InChI is InChI=1S/C8H6O4.CH2O3.2K/c9-7(10)5-3-1-2-4-6(5)8(11)12;2-1(3)4;;/h1-4H,(H,9,10)(H,11,12);(H2,2,3,4);;/q;;2*+1/p-2. The fourth-order valence-electron chi connectivity index (χ4n) is 0.856. The number of aromatic carboxylic acids is 2. The molecule has 0 saturated carbocycles. The van der Waals surface area contributed by atoms with Crippen LogP contribution in [-0.4, -0.2) is 28.3 Å². The first-order chi connectivity index (χ1) is 7.36. The van der Waals surface area contributed by atoms with Crippen LogP contribution in [0.1, 0.15) is 20.7 Å². The molecule has 0 amide bonds. The molecule has 0 aliphatic heterocycles. The molecule has 1 rings (SSSR count). The number of benzene rings is 1. The predicted molar refractivity (Wildman–Crippen MR) is 45.8 cm³/mol. The van der Waals surface area contributed by atoms with Crippen LogP contribution in [0.4, 0.5) is 4.79 Å². The van der Waals surface area contributed by atoms with Gasteiger partial charge >= 0.3 is 115 Å². The van der Waals surface area contributed by atoms with Crippen molar-refractivity contribution in [1.29, 1.82) is 0 Å². The summed E-state index contributed by atoms with van der Waals surface area (Å²) in [4.78, 5) is 29.3. The number of hydrogen-bond donors (Lipinski definition) is 2. The van der Waals surface area contributed by atoms with E-state index < -0.39 is 18.1 Å². The minimum Gasteiger partial charge on any atom is -0.652 e. The zero-order valence-electron chi connectivity index (χ0n) is 9.75. The Morgan fingerprint density at radius 3 is 1.22 bits per heavy atom. The van der Waals surface area contributed by atoms with Crippen molar-refractivity contribution in [3.8, 4) is 0 Å². The molecule has 0 aliphatic rings. The molecule has 0 heterocycles. The average Bonchev–Trinajstić information content (AvgIpc) is 2.16. The predicted octanol–water partition coefficient (Wildman–Crippen LogP) is -7.36. The van der Waals surface area contributed by atoms with E-state index in [4.69, 9.17) is 25.2 Å². The average molecular weight is 304 g/mol. The van der Waals surface area contributed by atoms with Gasteiger partial charge < -0.3 is 25.2 Å². The van der Waals surface area contributed by atoms with E-state index in [1.54, 1.807) is 0 Å². The van der Waals surface area contributed by atoms with Crippen molar-refractivity contribution in [1.82, 2.24) is 0 Å². The zero-order valence-corrected chi connectivity index (χ0v) is 16.0. The number of hydrogen-bond acceptors (Lipinski definition) is 5. The zero-order chi connectivity index (χ0) is 12.7. The summed E-state index contributed by atoms with van der Waals surface area (Å²) in [6.07, 6.45) is -2.33. The van der Waals surface area contributed by atoms with Gasteiger partial charge in [0.25, 0.3) is 0 Å². The molecule has 86 valence electrons. The number of carbonyl (C=O) groups is 3. The topological polar surface area (TPSA) is 138 Å². The molecule has 0 fully saturated rings. The summed E-state index contributed by atoms with van der Waals surface area (Å²) < 4.78 is 0. The van der Waals surface area contributed by atoms with Crippen LogP contribution in [0, 0.1) is 0 Å². The molecular formula is C9H6K2O7. The Morgan fingerprint density at radius 2 is 1.06 bits per heavy atom. The maximum absolute atomic E-state index is 10.5. The maximum Gasteiger partial charge on any atom is 1.00 e. The second-order valence-corrected chi connectivity index (χ2v) is 2.41. The quantitative estimate of drug-likeness (QED) is 0.518. The van der Waals surface area contributed by atoms with Crippen LogP contribution in [0.3, 0.4) is 0 Å². The normalized spacial score (nSPS) is 7.56. The third-order valence-electron chi connectivity index (χ3n) is 1.39. The van der Waals surface area contributed by atoms with Crippen molar-refractivity contribution in [2.45, 2.75) is 0 Å². The Labute approximate surface area is 187 Å². The van der Waals surface area contributed by atoms with E-state index in [2.05, 4.69) is 0 Å². The van der Waals surface area contributed by atoms with Crippen LogP contribution >= 0.6 is 0 Å². The van der Waals surface area contributed by atoms with E-state index in [1.807, 2.05) is 0 Å². The second-order valence-electron chi connectivity index (χ2n) is 2.41. The smallest absolute Gasteiger partial charge is 0.652 e. The van der Waals surface area contributed by atoms with Crippen molar-refractivity contribution in [3.63, 3.8) is 0 Å². The van der Waals surface area contributed by atoms with Gasteiger partial charge in [-0.15, -0.1) is 0 Å². The van der Waals surface area contributed by atoms with Gasteiger partial charge in [-0.1, -0.05) is 12.1 Å². The first-order valence-corrected chi connectivity index (χ1v) is 3.80. The molecule has 0 unspecified atom stereocenters.